The first-order valence-corrected chi connectivity index (χ1v) is 4.73. The van der Waals surface area contributed by atoms with E-state index in [1.165, 1.54) is 11.8 Å². The number of nitrogens with zero attached hydrogens (tertiary/aromatic N) is 3. The molecule has 0 N–H and O–H groups in total. The van der Waals surface area contributed by atoms with Crippen LogP contribution in [0.1, 0.15) is 11.6 Å². The fourth-order valence-corrected chi connectivity index (χ4v) is 1.22. The van der Waals surface area contributed by atoms with Crippen LogP contribution in [0.4, 0.5) is 0 Å². The zero-order valence-corrected chi connectivity index (χ0v) is 8.18. The van der Waals surface area contributed by atoms with Gasteiger partial charge in [-0.1, -0.05) is 11.8 Å². The molecule has 0 aliphatic heterocycles. The van der Waals surface area contributed by atoms with Gasteiger partial charge in [0.25, 0.3) is 0 Å². The number of hydrogen-bond donors (Lipinski definition) is 0. The number of hydrogen-bond acceptors (Lipinski definition) is 5. The molecule has 12 heavy (non-hydrogen) atoms. The van der Waals surface area contributed by atoms with E-state index in [-0.39, 0.29) is 0 Å². The highest BCUT2D eigenvalue weighted by Gasteiger charge is 2.01. The molecule has 0 fully saturated rings. The summed E-state index contributed by atoms with van der Waals surface area (Å²) in [6, 6.07) is 0. The molecule has 0 bridgehead atoms. The highest BCUT2D eigenvalue weighted by molar-refractivity contribution is 7.98. The minimum absolute atomic E-state index is 0.441. The lowest BCUT2D eigenvalue weighted by Gasteiger charge is -2.01. The first kappa shape index (κ1) is 9.41. The highest BCUT2D eigenvalue weighted by Crippen LogP contribution is 2.08. The summed E-state index contributed by atoms with van der Waals surface area (Å²) in [6.07, 6.45) is 1.94. The van der Waals surface area contributed by atoms with Gasteiger partial charge in [0.2, 0.25) is 0 Å². The molecule has 0 saturated carbocycles. The Morgan fingerprint density at radius 2 is 2.08 bits per heavy atom. The van der Waals surface area contributed by atoms with E-state index in [1.54, 1.807) is 7.11 Å². The van der Waals surface area contributed by atoms with Crippen molar-refractivity contribution in [3.05, 3.63) is 11.6 Å². The van der Waals surface area contributed by atoms with Crippen molar-refractivity contribution in [1.82, 2.24) is 15.0 Å². The average Bonchev–Trinajstić information content (AvgIpc) is 2.04. The topological polar surface area (TPSA) is 47.9 Å². The van der Waals surface area contributed by atoms with Crippen molar-refractivity contribution >= 4 is 11.8 Å². The second-order valence-electron chi connectivity index (χ2n) is 2.22. The van der Waals surface area contributed by atoms with E-state index < -0.39 is 0 Å². The summed E-state index contributed by atoms with van der Waals surface area (Å²) >= 11 is 1.51. The van der Waals surface area contributed by atoms with Crippen LogP contribution in [0.15, 0.2) is 5.16 Å². The van der Waals surface area contributed by atoms with Gasteiger partial charge in [-0.05, 0) is 13.2 Å². The molecule has 1 heterocycles. The molecule has 66 valence electrons. The maximum Gasteiger partial charge on any atom is 0.190 e. The van der Waals surface area contributed by atoms with E-state index in [1.807, 2.05) is 13.2 Å². The van der Waals surface area contributed by atoms with Gasteiger partial charge in [-0.3, -0.25) is 0 Å². The van der Waals surface area contributed by atoms with Gasteiger partial charge in [0, 0.05) is 7.11 Å². The standard InChI is InChI=1S/C7H11N3OS/c1-5-8-6(4-11-2)10-7(9-5)12-3/h4H2,1-3H3. The molecule has 0 aliphatic carbocycles. The average molecular weight is 185 g/mol. The van der Waals surface area contributed by atoms with E-state index in [4.69, 9.17) is 4.74 Å². The van der Waals surface area contributed by atoms with Crippen molar-refractivity contribution < 1.29 is 4.74 Å². The van der Waals surface area contributed by atoms with Crippen LogP contribution in [-0.4, -0.2) is 28.3 Å². The third-order valence-electron chi connectivity index (χ3n) is 1.23. The largest absolute Gasteiger partial charge is 0.377 e. The number of aromatic nitrogens is 3. The van der Waals surface area contributed by atoms with Gasteiger partial charge in [-0.2, -0.15) is 0 Å². The molecule has 0 aliphatic rings. The maximum absolute atomic E-state index is 4.92. The van der Waals surface area contributed by atoms with Gasteiger partial charge in [0.1, 0.15) is 12.4 Å². The maximum atomic E-state index is 4.92. The molecule has 0 amide bonds. The van der Waals surface area contributed by atoms with Crippen LogP contribution in [0.2, 0.25) is 0 Å². The van der Waals surface area contributed by atoms with Crippen LogP contribution in [0, 0.1) is 6.92 Å². The van der Waals surface area contributed by atoms with Crippen LogP contribution in [0.5, 0.6) is 0 Å². The van der Waals surface area contributed by atoms with Crippen molar-refractivity contribution in [1.29, 1.82) is 0 Å². The van der Waals surface area contributed by atoms with Crippen molar-refractivity contribution in [2.75, 3.05) is 13.4 Å². The Hall–Kier alpha value is -0.680. The fraction of sp³-hybridized carbons (Fsp3) is 0.571. The summed E-state index contributed by atoms with van der Waals surface area (Å²) in [6.45, 7) is 2.29. The summed E-state index contributed by atoms with van der Waals surface area (Å²) < 4.78 is 4.92. The second-order valence-corrected chi connectivity index (χ2v) is 2.99. The molecular weight excluding hydrogens is 174 g/mol. The molecule has 0 radical (unpaired) electrons. The summed E-state index contributed by atoms with van der Waals surface area (Å²) in [5.74, 6) is 1.43. The summed E-state index contributed by atoms with van der Waals surface area (Å²) in [4.78, 5) is 12.4. The van der Waals surface area contributed by atoms with Crippen LogP contribution in [0.25, 0.3) is 0 Å². The normalized spacial score (nSPS) is 10.2. The second kappa shape index (κ2) is 4.37. The lowest BCUT2D eigenvalue weighted by Crippen LogP contribution is -2.02. The minimum Gasteiger partial charge on any atom is -0.377 e. The Morgan fingerprint density at radius 1 is 1.33 bits per heavy atom. The predicted octanol–water partition coefficient (Wildman–Crippen LogP) is 1.05. The third kappa shape index (κ3) is 2.42. The monoisotopic (exact) mass is 185 g/mol. The van der Waals surface area contributed by atoms with Crippen molar-refractivity contribution in [3.63, 3.8) is 0 Å². The highest BCUT2D eigenvalue weighted by atomic mass is 32.2. The van der Waals surface area contributed by atoms with Crippen LogP contribution in [0.3, 0.4) is 0 Å². The number of rotatable bonds is 3. The Morgan fingerprint density at radius 3 is 2.67 bits per heavy atom. The Balaban J connectivity index is 2.90. The lowest BCUT2D eigenvalue weighted by atomic mass is 10.6. The fourth-order valence-electron chi connectivity index (χ4n) is 0.796. The van der Waals surface area contributed by atoms with Crippen molar-refractivity contribution in [2.45, 2.75) is 18.7 Å². The van der Waals surface area contributed by atoms with Crippen molar-refractivity contribution in [2.24, 2.45) is 0 Å². The first-order valence-electron chi connectivity index (χ1n) is 3.50. The van der Waals surface area contributed by atoms with Gasteiger partial charge < -0.3 is 4.74 Å². The van der Waals surface area contributed by atoms with Crippen LogP contribution in [-0.2, 0) is 11.3 Å². The molecule has 0 spiro atoms. The molecule has 1 aromatic rings. The molecular formula is C7H11N3OS. The predicted molar refractivity (Wildman–Crippen MR) is 47.1 cm³/mol. The molecule has 0 aromatic carbocycles. The molecule has 5 heteroatoms. The molecule has 0 atom stereocenters. The summed E-state index contributed by atoms with van der Waals surface area (Å²) in [5, 5.41) is 0.745. The quantitative estimate of drug-likeness (QED) is 0.659. The molecule has 0 saturated heterocycles. The molecule has 4 nitrogen and oxygen atoms in total. The summed E-state index contributed by atoms with van der Waals surface area (Å²) in [5.41, 5.74) is 0. The molecule has 1 rings (SSSR count). The lowest BCUT2D eigenvalue weighted by molar-refractivity contribution is 0.176. The van der Waals surface area contributed by atoms with Crippen LogP contribution >= 0.6 is 11.8 Å². The van der Waals surface area contributed by atoms with Gasteiger partial charge in [0.15, 0.2) is 11.0 Å². The Bertz CT molecular complexity index is 267. The molecule has 0 unspecified atom stereocenters. The number of aryl methyl sites for hydroxylation is 1. The Labute approximate surface area is 75.8 Å². The SMILES string of the molecule is COCc1nc(C)nc(SC)n1. The minimum atomic E-state index is 0.441. The van der Waals surface area contributed by atoms with E-state index in [9.17, 15) is 0 Å². The van der Waals surface area contributed by atoms with E-state index in [2.05, 4.69) is 15.0 Å². The van der Waals surface area contributed by atoms with Gasteiger partial charge in [-0.25, -0.2) is 15.0 Å². The summed E-state index contributed by atoms with van der Waals surface area (Å²) in [7, 11) is 1.62. The van der Waals surface area contributed by atoms with E-state index in [0.29, 0.717) is 12.4 Å². The van der Waals surface area contributed by atoms with Gasteiger partial charge in [0.05, 0.1) is 0 Å². The zero-order valence-electron chi connectivity index (χ0n) is 7.37. The number of ether oxygens (including phenoxy) is 1. The smallest absolute Gasteiger partial charge is 0.190 e. The zero-order chi connectivity index (χ0) is 8.97. The molecule has 1 aromatic heterocycles. The first-order chi connectivity index (χ1) is 5.76. The van der Waals surface area contributed by atoms with Gasteiger partial charge >= 0.3 is 0 Å². The Kier molecular flexibility index (Phi) is 3.43. The number of methoxy groups -OCH3 is 1. The van der Waals surface area contributed by atoms with E-state index in [0.717, 1.165) is 11.0 Å². The van der Waals surface area contributed by atoms with Crippen LogP contribution < -0.4 is 0 Å². The van der Waals surface area contributed by atoms with Crippen molar-refractivity contribution in [3.8, 4) is 0 Å². The number of thioether (sulfide) groups is 1. The van der Waals surface area contributed by atoms with E-state index >= 15 is 0 Å². The third-order valence-corrected chi connectivity index (χ3v) is 1.78. The van der Waals surface area contributed by atoms with Gasteiger partial charge in [-0.15, -0.1) is 0 Å².